The zero-order valence-corrected chi connectivity index (χ0v) is 12.9. The van der Waals surface area contributed by atoms with Gasteiger partial charge in [0.05, 0.1) is 5.56 Å². The molecule has 8 nitrogen and oxygen atoms in total. The number of benzene rings is 2. The smallest absolute Gasteiger partial charge is 0.340 e. The second-order valence-corrected chi connectivity index (χ2v) is 5.07. The molecule has 0 aliphatic rings. The molecule has 3 N–H and O–H groups in total. The van der Waals surface area contributed by atoms with Gasteiger partial charge in [0.15, 0.2) is 18.6 Å². The van der Waals surface area contributed by atoms with E-state index in [4.69, 9.17) is 14.9 Å². The van der Waals surface area contributed by atoms with Crippen molar-refractivity contribution in [3.05, 3.63) is 60.0 Å². The molecule has 2 aromatic carbocycles. The summed E-state index contributed by atoms with van der Waals surface area (Å²) < 4.78 is 10.1. The number of hydrogen-bond acceptors (Lipinski definition) is 6. The molecule has 1 aromatic heterocycles. The van der Waals surface area contributed by atoms with Crippen molar-refractivity contribution in [1.29, 1.82) is 0 Å². The fraction of sp³-hybridized carbons (Fsp3) is 0.0588. The highest BCUT2D eigenvalue weighted by molar-refractivity contribution is 6.02. The van der Waals surface area contributed by atoms with Crippen molar-refractivity contribution >= 4 is 34.6 Å². The molecule has 0 atom stereocenters. The molecule has 0 bridgehead atoms. The van der Waals surface area contributed by atoms with Gasteiger partial charge < -0.3 is 20.2 Å². The Labute approximate surface area is 141 Å². The largest absolute Gasteiger partial charge is 0.452 e. The van der Waals surface area contributed by atoms with Crippen molar-refractivity contribution < 1.29 is 23.5 Å². The molecule has 2 amide bonds. The molecular weight excluding hydrogens is 326 g/mol. The van der Waals surface area contributed by atoms with Crippen LogP contribution in [0.3, 0.4) is 0 Å². The predicted octanol–water partition coefficient (Wildman–Crippen LogP) is 1.72. The fourth-order valence-corrected chi connectivity index (χ4v) is 2.17. The number of carbonyl (C=O) groups is 3. The summed E-state index contributed by atoms with van der Waals surface area (Å²) in [7, 11) is 0. The Kier molecular flexibility index (Phi) is 4.42. The van der Waals surface area contributed by atoms with Crippen molar-refractivity contribution in [3.63, 3.8) is 0 Å². The number of fused-ring (bicyclic) bond motifs is 1. The fourth-order valence-electron chi connectivity index (χ4n) is 2.17. The van der Waals surface area contributed by atoms with Crippen molar-refractivity contribution in [3.8, 4) is 0 Å². The van der Waals surface area contributed by atoms with Gasteiger partial charge in [0.2, 0.25) is 5.91 Å². The monoisotopic (exact) mass is 339 g/mol. The zero-order chi connectivity index (χ0) is 17.8. The van der Waals surface area contributed by atoms with Gasteiger partial charge in [-0.1, -0.05) is 6.07 Å². The van der Waals surface area contributed by atoms with Gasteiger partial charge in [0, 0.05) is 11.3 Å². The summed E-state index contributed by atoms with van der Waals surface area (Å²) in [6.45, 7) is -0.468. The van der Waals surface area contributed by atoms with E-state index >= 15 is 0 Å². The van der Waals surface area contributed by atoms with Crippen LogP contribution in [0.5, 0.6) is 0 Å². The highest BCUT2D eigenvalue weighted by Gasteiger charge is 2.15. The molecule has 0 aliphatic heterocycles. The first kappa shape index (κ1) is 16.2. The Morgan fingerprint density at radius 2 is 1.88 bits per heavy atom. The van der Waals surface area contributed by atoms with Gasteiger partial charge in [0.25, 0.3) is 5.91 Å². The van der Waals surface area contributed by atoms with Gasteiger partial charge in [-0.15, -0.1) is 0 Å². The molecule has 126 valence electrons. The van der Waals surface area contributed by atoms with E-state index in [1.165, 1.54) is 36.7 Å². The first-order chi connectivity index (χ1) is 12.0. The third-order valence-corrected chi connectivity index (χ3v) is 3.37. The van der Waals surface area contributed by atoms with Gasteiger partial charge in [-0.25, -0.2) is 9.78 Å². The van der Waals surface area contributed by atoms with Crippen LogP contribution in [0.15, 0.2) is 53.3 Å². The van der Waals surface area contributed by atoms with Gasteiger partial charge >= 0.3 is 5.97 Å². The molecular formula is C17H13N3O5. The SMILES string of the molecule is NC(=O)c1ccc(NC(=O)COC(=O)c2cccc3ocnc23)cc1. The quantitative estimate of drug-likeness (QED) is 0.682. The standard InChI is InChI=1S/C17H13N3O5/c18-16(22)10-4-6-11(7-5-10)20-14(21)8-24-17(23)12-2-1-3-13-15(12)19-9-25-13/h1-7,9H,8H2,(H2,18,22)(H,20,21). The molecule has 0 spiro atoms. The molecule has 0 radical (unpaired) electrons. The number of esters is 1. The summed E-state index contributed by atoms with van der Waals surface area (Å²) in [5.74, 6) is -1.76. The molecule has 8 heteroatoms. The lowest BCUT2D eigenvalue weighted by molar-refractivity contribution is -0.119. The second-order valence-electron chi connectivity index (χ2n) is 5.07. The number of rotatable bonds is 5. The van der Waals surface area contributed by atoms with Crippen molar-refractivity contribution in [2.75, 3.05) is 11.9 Å². The Bertz CT molecular complexity index is 946. The van der Waals surface area contributed by atoms with Crippen molar-refractivity contribution in [2.24, 2.45) is 5.73 Å². The maximum Gasteiger partial charge on any atom is 0.340 e. The summed E-state index contributed by atoms with van der Waals surface area (Å²) in [6.07, 6.45) is 1.23. The summed E-state index contributed by atoms with van der Waals surface area (Å²) in [5.41, 5.74) is 6.95. The first-order valence-electron chi connectivity index (χ1n) is 7.23. The number of oxazole rings is 1. The molecule has 1 heterocycles. The molecule has 0 unspecified atom stereocenters. The van der Waals surface area contributed by atoms with Crippen LogP contribution >= 0.6 is 0 Å². The van der Waals surface area contributed by atoms with E-state index in [-0.39, 0.29) is 5.56 Å². The number of nitrogens with two attached hydrogens (primary N) is 1. The van der Waals surface area contributed by atoms with Crippen LogP contribution in [0.25, 0.3) is 11.1 Å². The number of para-hydroxylation sites is 1. The maximum absolute atomic E-state index is 12.1. The van der Waals surface area contributed by atoms with Crippen LogP contribution in [0.4, 0.5) is 5.69 Å². The van der Waals surface area contributed by atoms with Crippen molar-refractivity contribution in [1.82, 2.24) is 4.98 Å². The number of amides is 2. The summed E-state index contributed by atoms with van der Waals surface area (Å²) in [4.78, 5) is 38.9. The number of aromatic nitrogens is 1. The Hall–Kier alpha value is -3.68. The molecule has 0 saturated heterocycles. The highest BCUT2D eigenvalue weighted by atomic mass is 16.5. The van der Waals surface area contributed by atoms with E-state index in [0.717, 1.165) is 0 Å². The molecule has 0 saturated carbocycles. The molecule has 0 fully saturated rings. The van der Waals surface area contributed by atoms with E-state index in [9.17, 15) is 14.4 Å². The lowest BCUT2D eigenvalue weighted by Crippen LogP contribution is -2.21. The second kappa shape index (κ2) is 6.83. The average Bonchev–Trinajstić information content (AvgIpc) is 3.08. The van der Waals surface area contributed by atoms with Gasteiger partial charge in [-0.05, 0) is 36.4 Å². The lowest BCUT2D eigenvalue weighted by atomic mass is 10.2. The molecule has 25 heavy (non-hydrogen) atoms. The number of nitrogens with one attached hydrogen (secondary N) is 1. The number of anilines is 1. The van der Waals surface area contributed by atoms with Gasteiger partial charge in [-0.2, -0.15) is 0 Å². The number of nitrogens with zero attached hydrogens (tertiary/aromatic N) is 1. The lowest BCUT2D eigenvalue weighted by Gasteiger charge is -2.07. The topological polar surface area (TPSA) is 125 Å². The maximum atomic E-state index is 12.1. The van der Waals surface area contributed by atoms with E-state index in [2.05, 4.69) is 10.3 Å². The molecule has 3 rings (SSSR count). The Morgan fingerprint density at radius 1 is 1.12 bits per heavy atom. The van der Waals surface area contributed by atoms with E-state index in [1.807, 2.05) is 0 Å². The Morgan fingerprint density at radius 3 is 2.60 bits per heavy atom. The normalized spacial score (nSPS) is 10.4. The average molecular weight is 339 g/mol. The van der Waals surface area contributed by atoms with Crippen LogP contribution in [-0.4, -0.2) is 29.4 Å². The third kappa shape index (κ3) is 3.63. The highest BCUT2D eigenvalue weighted by Crippen LogP contribution is 2.17. The zero-order valence-electron chi connectivity index (χ0n) is 12.9. The predicted molar refractivity (Wildman–Crippen MR) is 87.9 cm³/mol. The number of hydrogen-bond donors (Lipinski definition) is 2. The number of primary amides is 1. The van der Waals surface area contributed by atoms with Crippen molar-refractivity contribution in [2.45, 2.75) is 0 Å². The minimum atomic E-state index is -0.682. The number of carbonyl (C=O) groups excluding carboxylic acids is 3. The van der Waals surface area contributed by atoms with E-state index < -0.39 is 24.4 Å². The molecule has 0 aliphatic carbocycles. The first-order valence-corrected chi connectivity index (χ1v) is 7.23. The van der Waals surface area contributed by atoms with E-state index in [1.54, 1.807) is 12.1 Å². The molecule has 3 aromatic rings. The summed E-state index contributed by atoms with van der Waals surface area (Å²) >= 11 is 0. The van der Waals surface area contributed by atoms with Gasteiger partial charge in [0.1, 0.15) is 5.52 Å². The van der Waals surface area contributed by atoms with Crippen LogP contribution in [0.2, 0.25) is 0 Å². The summed E-state index contributed by atoms with van der Waals surface area (Å²) in [6, 6.07) is 10.8. The number of ether oxygens (including phenoxy) is 1. The van der Waals surface area contributed by atoms with Crippen LogP contribution in [-0.2, 0) is 9.53 Å². The van der Waals surface area contributed by atoms with E-state index in [0.29, 0.717) is 22.4 Å². The minimum absolute atomic E-state index is 0.213. The van der Waals surface area contributed by atoms with Crippen LogP contribution < -0.4 is 11.1 Å². The van der Waals surface area contributed by atoms with Crippen LogP contribution in [0, 0.1) is 0 Å². The minimum Gasteiger partial charge on any atom is -0.452 e. The third-order valence-electron chi connectivity index (χ3n) is 3.37. The van der Waals surface area contributed by atoms with Crippen LogP contribution in [0.1, 0.15) is 20.7 Å². The Balaban J connectivity index is 1.59. The van der Waals surface area contributed by atoms with Gasteiger partial charge in [-0.3, -0.25) is 9.59 Å². The summed E-state index contributed by atoms with van der Waals surface area (Å²) in [5, 5.41) is 2.54.